The molecule has 0 aliphatic carbocycles. The first-order valence-electron chi connectivity index (χ1n) is 3.87. The lowest BCUT2D eigenvalue weighted by atomic mass is 10.3. The minimum absolute atomic E-state index is 0.601. The SMILES string of the molecule is CN1C(=S)CN=C1c1ccnnc1. The predicted molar refractivity (Wildman–Crippen MR) is 53.8 cm³/mol. The van der Waals surface area contributed by atoms with Crippen molar-refractivity contribution in [2.45, 2.75) is 0 Å². The van der Waals surface area contributed by atoms with Crippen LogP contribution in [0.15, 0.2) is 23.5 Å². The van der Waals surface area contributed by atoms with Crippen molar-refractivity contribution >= 4 is 23.0 Å². The molecular weight excluding hydrogens is 184 g/mol. The number of nitrogens with zero attached hydrogens (tertiary/aromatic N) is 4. The summed E-state index contributed by atoms with van der Waals surface area (Å²) in [5.41, 5.74) is 0.956. The molecule has 0 saturated carbocycles. The Bertz CT molecular complexity index is 360. The van der Waals surface area contributed by atoms with Gasteiger partial charge in [-0.3, -0.25) is 4.99 Å². The molecule has 0 spiro atoms. The highest BCUT2D eigenvalue weighted by Crippen LogP contribution is 2.09. The average molecular weight is 192 g/mol. The van der Waals surface area contributed by atoms with E-state index in [9.17, 15) is 0 Å². The fraction of sp³-hybridized carbons (Fsp3) is 0.250. The van der Waals surface area contributed by atoms with Gasteiger partial charge in [0.1, 0.15) is 10.8 Å². The van der Waals surface area contributed by atoms with E-state index in [0.29, 0.717) is 6.54 Å². The Labute approximate surface area is 81.3 Å². The number of amidine groups is 1. The molecule has 0 N–H and O–H groups in total. The van der Waals surface area contributed by atoms with Crippen molar-refractivity contribution in [1.82, 2.24) is 15.1 Å². The van der Waals surface area contributed by atoms with Crippen LogP contribution in [0.3, 0.4) is 0 Å². The van der Waals surface area contributed by atoms with Gasteiger partial charge in [-0.25, -0.2) is 0 Å². The Morgan fingerprint density at radius 2 is 2.31 bits per heavy atom. The van der Waals surface area contributed by atoms with Crippen molar-refractivity contribution < 1.29 is 0 Å². The third kappa shape index (κ3) is 1.42. The molecule has 0 fully saturated rings. The van der Waals surface area contributed by atoms with Gasteiger partial charge in [-0.2, -0.15) is 10.2 Å². The summed E-state index contributed by atoms with van der Waals surface area (Å²) >= 11 is 5.09. The standard InChI is InChI=1S/C8H8N4S/c1-12-7(13)5-9-8(12)6-2-3-10-11-4-6/h2-4H,5H2,1H3. The maximum atomic E-state index is 5.09. The average Bonchev–Trinajstić information content (AvgIpc) is 2.49. The van der Waals surface area contributed by atoms with Crippen molar-refractivity contribution in [3.05, 3.63) is 24.0 Å². The molecule has 1 aliphatic heterocycles. The summed E-state index contributed by atoms with van der Waals surface area (Å²) in [5.74, 6) is 0.875. The van der Waals surface area contributed by atoms with Crippen molar-refractivity contribution in [3.8, 4) is 0 Å². The van der Waals surface area contributed by atoms with Gasteiger partial charge in [0, 0.05) is 12.6 Å². The Hall–Kier alpha value is -1.36. The van der Waals surface area contributed by atoms with E-state index in [0.717, 1.165) is 16.4 Å². The van der Waals surface area contributed by atoms with Crippen LogP contribution < -0.4 is 0 Å². The van der Waals surface area contributed by atoms with Gasteiger partial charge in [0.15, 0.2) is 0 Å². The highest BCUT2D eigenvalue weighted by molar-refractivity contribution is 7.80. The number of aromatic nitrogens is 2. The van der Waals surface area contributed by atoms with Crippen LogP contribution in [0.4, 0.5) is 0 Å². The second-order valence-electron chi connectivity index (χ2n) is 2.72. The topological polar surface area (TPSA) is 41.4 Å². The summed E-state index contributed by atoms with van der Waals surface area (Å²) in [6, 6.07) is 1.87. The molecule has 0 aromatic carbocycles. The van der Waals surface area contributed by atoms with Crippen LogP contribution in [-0.4, -0.2) is 39.5 Å². The van der Waals surface area contributed by atoms with Crippen molar-refractivity contribution in [3.63, 3.8) is 0 Å². The molecule has 13 heavy (non-hydrogen) atoms. The fourth-order valence-corrected chi connectivity index (χ4v) is 1.33. The second kappa shape index (κ2) is 3.18. The molecule has 2 rings (SSSR count). The number of rotatable bonds is 1. The van der Waals surface area contributed by atoms with Crippen molar-refractivity contribution in [2.24, 2.45) is 4.99 Å². The van der Waals surface area contributed by atoms with Crippen LogP contribution in [0.2, 0.25) is 0 Å². The zero-order valence-corrected chi connectivity index (χ0v) is 7.95. The van der Waals surface area contributed by atoms with Crippen LogP contribution in [0, 0.1) is 0 Å². The third-order valence-corrected chi connectivity index (χ3v) is 2.30. The van der Waals surface area contributed by atoms with Crippen molar-refractivity contribution in [2.75, 3.05) is 13.6 Å². The summed E-state index contributed by atoms with van der Waals surface area (Å²) in [7, 11) is 1.91. The molecule has 0 atom stereocenters. The normalized spacial score (nSPS) is 16.2. The van der Waals surface area contributed by atoms with Gasteiger partial charge >= 0.3 is 0 Å². The molecule has 1 aliphatic rings. The molecule has 0 bridgehead atoms. The van der Waals surface area contributed by atoms with Gasteiger partial charge in [-0.15, -0.1) is 0 Å². The lowest BCUT2D eigenvalue weighted by Crippen LogP contribution is -2.27. The summed E-state index contributed by atoms with van der Waals surface area (Å²) in [6.45, 7) is 0.601. The number of thiocarbonyl (C=S) groups is 1. The Morgan fingerprint density at radius 3 is 2.85 bits per heavy atom. The predicted octanol–water partition coefficient (Wildman–Crippen LogP) is 0.496. The van der Waals surface area contributed by atoms with E-state index >= 15 is 0 Å². The Morgan fingerprint density at radius 1 is 1.46 bits per heavy atom. The number of hydrogen-bond acceptors (Lipinski definition) is 4. The van der Waals surface area contributed by atoms with Gasteiger partial charge in [0.2, 0.25) is 0 Å². The molecule has 1 aromatic rings. The number of hydrogen-bond donors (Lipinski definition) is 0. The summed E-state index contributed by atoms with van der Waals surface area (Å²) in [6.07, 6.45) is 3.33. The molecule has 1 aromatic heterocycles. The number of aliphatic imine (C=N–C) groups is 1. The Balaban J connectivity index is 2.34. The van der Waals surface area contributed by atoms with Crippen LogP contribution in [0.25, 0.3) is 0 Å². The molecule has 0 amide bonds. The molecule has 66 valence electrons. The zero-order valence-electron chi connectivity index (χ0n) is 7.14. The van der Waals surface area contributed by atoms with Gasteiger partial charge in [-0.05, 0) is 6.07 Å². The molecule has 0 unspecified atom stereocenters. The highest BCUT2D eigenvalue weighted by Gasteiger charge is 2.19. The van der Waals surface area contributed by atoms with E-state index in [-0.39, 0.29) is 0 Å². The quantitative estimate of drug-likeness (QED) is 0.607. The van der Waals surface area contributed by atoms with Gasteiger partial charge < -0.3 is 4.90 Å². The summed E-state index contributed by atoms with van der Waals surface area (Å²) in [5, 5.41) is 7.49. The maximum Gasteiger partial charge on any atom is 0.137 e. The van der Waals surface area contributed by atoms with Gasteiger partial charge in [-0.1, -0.05) is 12.2 Å². The highest BCUT2D eigenvalue weighted by atomic mass is 32.1. The summed E-state index contributed by atoms with van der Waals surface area (Å²) in [4.78, 5) is 7.04. The smallest absolute Gasteiger partial charge is 0.137 e. The summed E-state index contributed by atoms with van der Waals surface area (Å²) < 4.78 is 0. The first-order chi connectivity index (χ1) is 6.29. The van der Waals surface area contributed by atoms with E-state index in [4.69, 9.17) is 12.2 Å². The molecular formula is C8H8N4S. The number of likely N-dealkylation sites (N-methyl/N-ethyl adjacent to an activating group) is 1. The molecule has 0 saturated heterocycles. The van der Waals surface area contributed by atoms with E-state index < -0.39 is 0 Å². The Kier molecular flexibility index (Phi) is 2.02. The van der Waals surface area contributed by atoms with Gasteiger partial charge in [0.25, 0.3) is 0 Å². The molecule has 2 heterocycles. The second-order valence-corrected chi connectivity index (χ2v) is 3.19. The van der Waals surface area contributed by atoms with Crippen LogP contribution in [0.1, 0.15) is 5.56 Å². The molecule has 4 nitrogen and oxygen atoms in total. The first kappa shape index (κ1) is 8.25. The van der Waals surface area contributed by atoms with E-state index in [1.807, 2.05) is 18.0 Å². The maximum absolute atomic E-state index is 5.09. The largest absolute Gasteiger partial charge is 0.322 e. The van der Waals surface area contributed by atoms with Gasteiger partial charge in [0.05, 0.1) is 18.9 Å². The minimum Gasteiger partial charge on any atom is -0.322 e. The van der Waals surface area contributed by atoms with Crippen LogP contribution >= 0.6 is 12.2 Å². The molecule has 5 heteroatoms. The van der Waals surface area contributed by atoms with Crippen LogP contribution in [-0.2, 0) is 0 Å². The zero-order chi connectivity index (χ0) is 9.26. The third-order valence-electron chi connectivity index (χ3n) is 1.90. The van der Waals surface area contributed by atoms with E-state index in [1.54, 1.807) is 12.4 Å². The minimum atomic E-state index is 0.601. The van der Waals surface area contributed by atoms with E-state index in [2.05, 4.69) is 15.2 Å². The first-order valence-corrected chi connectivity index (χ1v) is 4.28. The lowest BCUT2D eigenvalue weighted by Gasteiger charge is -2.12. The monoisotopic (exact) mass is 192 g/mol. The van der Waals surface area contributed by atoms with Crippen LogP contribution in [0.5, 0.6) is 0 Å². The molecule has 0 radical (unpaired) electrons. The lowest BCUT2D eigenvalue weighted by molar-refractivity contribution is 0.785. The van der Waals surface area contributed by atoms with Crippen molar-refractivity contribution in [1.29, 1.82) is 0 Å². The fourth-order valence-electron chi connectivity index (χ4n) is 1.18. The van der Waals surface area contributed by atoms with E-state index in [1.165, 1.54) is 0 Å².